The molecule has 0 amide bonds. The number of benzene rings is 1. The maximum absolute atomic E-state index is 6.07. The topological polar surface area (TPSA) is 55.0 Å². The average molecular weight is 282 g/mol. The van der Waals surface area contributed by atoms with Gasteiger partial charge in [0.15, 0.2) is 5.82 Å². The highest BCUT2D eigenvalue weighted by atomic mass is 15.1. The Hall–Kier alpha value is -2.10. The molecule has 0 aliphatic carbocycles. The van der Waals surface area contributed by atoms with Crippen molar-refractivity contribution in [1.29, 1.82) is 0 Å². The summed E-state index contributed by atoms with van der Waals surface area (Å²) in [5.41, 5.74) is 11.9. The smallest absolute Gasteiger partial charge is 0.161 e. The van der Waals surface area contributed by atoms with E-state index in [1.807, 2.05) is 6.92 Å². The molecular weight excluding hydrogens is 260 g/mol. The molecule has 1 aromatic carbocycles. The van der Waals surface area contributed by atoms with E-state index >= 15 is 0 Å². The number of nitrogens with zero attached hydrogens (tertiary/aromatic N) is 3. The number of hydrogen-bond donors (Lipinski definition) is 1. The Balaban J connectivity index is 2.05. The molecule has 3 rings (SSSR count). The SMILES string of the molecule is CCc1c(C)nc(-c2ccc3c(c2)CCCN3C)nc1N. The Morgan fingerprint density at radius 1 is 1.29 bits per heavy atom. The highest BCUT2D eigenvalue weighted by Crippen LogP contribution is 2.30. The second kappa shape index (κ2) is 5.35. The van der Waals surface area contributed by atoms with E-state index in [0.29, 0.717) is 5.82 Å². The molecule has 4 nitrogen and oxygen atoms in total. The number of rotatable bonds is 2. The molecule has 0 saturated carbocycles. The summed E-state index contributed by atoms with van der Waals surface area (Å²) in [5, 5.41) is 0. The molecule has 0 saturated heterocycles. The van der Waals surface area contributed by atoms with Crippen molar-refractivity contribution in [3.63, 3.8) is 0 Å². The molecule has 4 heteroatoms. The van der Waals surface area contributed by atoms with Crippen molar-refractivity contribution >= 4 is 11.5 Å². The Kier molecular flexibility index (Phi) is 3.53. The van der Waals surface area contributed by atoms with Crippen LogP contribution in [-0.4, -0.2) is 23.6 Å². The van der Waals surface area contributed by atoms with Crippen molar-refractivity contribution in [3.8, 4) is 11.4 Å². The molecule has 2 aromatic rings. The van der Waals surface area contributed by atoms with E-state index in [0.717, 1.165) is 42.0 Å². The molecule has 0 bridgehead atoms. The van der Waals surface area contributed by atoms with Gasteiger partial charge in [-0.3, -0.25) is 0 Å². The van der Waals surface area contributed by atoms with Crippen LogP contribution in [0.5, 0.6) is 0 Å². The van der Waals surface area contributed by atoms with Gasteiger partial charge in [-0.2, -0.15) is 0 Å². The van der Waals surface area contributed by atoms with Crippen molar-refractivity contribution in [3.05, 3.63) is 35.0 Å². The van der Waals surface area contributed by atoms with Gasteiger partial charge >= 0.3 is 0 Å². The van der Waals surface area contributed by atoms with Crippen molar-refractivity contribution in [2.75, 3.05) is 24.2 Å². The number of hydrogen-bond acceptors (Lipinski definition) is 4. The fourth-order valence-corrected chi connectivity index (χ4v) is 3.11. The predicted molar refractivity (Wildman–Crippen MR) is 87.6 cm³/mol. The van der Waals surface area contributed by atoms with Gasteiger partial charge in [0.2, 0.25) is 0 Å². The van der Waals surface area contributed by atoms with E-state index in [-0.39, 0.29) is 0 Å². The molecule has 0 fully saturated rings. The van der Waals surface area contributed by atoms with E-state index in [9.17, 15) is 0 Å². The Morgan fingerprint density at radius 2 is 2.10 bits per heavy atom. The lowest BCUT2D eigenvalue weighted by atomic mass is 9.99. The number of aryl methyl sites for hydroxylation is 2. The molecular formula is C17H22N4. The molecule has 2 N–H and O–H groups in total. The van der Waals surface area contributed by atoms with Crippen LogP contribution in [0.4, 0.5) is 11.5 Å². The first-order valence-electron chi connectivity index (χ1n) is 7.57. The number of fused-ring (bicyclic) bond motifs is 1. The van der Waals surface area contributed by atoms with Crippen LogP contribution in [-0.2, 0) is 12.8 Å². The molecule has 0 unspecified atom stereocenters. The second-order valence-corrected chi connectivity index (χ2v) is 5.72. The third-order valence-corrected chi connectivity index (χ3v) is 4.29. The number of nitrogens with two attached hydrogens (primary N) is 1. The van der Waals surface area contributed by atoms with Crippen molar-refractivity contribution in [2.24, 2.45) is 0 Å². The Bertz CT molecular complexity index is 655. The number of aromatic nitrogens is 2. The van der Waals surface area contributed by atoms with Gasteiger partial charge in [0.1, 0.15) is 5.82 Å². The van der Waals surface area contributed by atoms with E-state index in [1.54, 1.807) is 0 Å². The zero-order valence-electron chi connectivity index (χ0n) is 13.0. The summed E-state index contributed by atoms with van der Waals surface area (Å²) in [7, 11) is 2.15. The first kappa shape index (κ1) is 13.9. The molecule has 110 valence electrons. The normalized spacial score (nSPS) is 14.1. The van der Waals surface area contributed by atoms with Gasteiger partial charge in [0.05, 0.1) is 0 Å². The predicted octanol–water partition coefficient (Wildman–Crippen LogP) is 2.98. The largest absolute Gasteiger partial charge is 0.383 e. The quantitative estimate of drug-likeness (QED) is 0.920. The molecule has 0 radical (unpaired) electrons. The van der Waals surface area contributed by atoms with Crippen LogP contribution in [0.2, 0.25) is 0 Å². The van der Waals surface area contributed by atoms with Gasteiger partial charge in [-0.05, 0) is 49.9 Å². The number of nitrogen functional groups attached to an aromatic ring is 1. The third-order valence-electron chi connectivity index (χ3n) is 4.29. The zero-order valence-corrected chi connectivity index (χ0v) is 13.0. The second-order valence-electron chi connectivity index (χ2n) is 5.72. The zero-order chi connectivity index (χ0) is 15.0. The van der Waals surface area contributed by atoms with Crippen molar-refractivity contribution in [1.82, 2.24) is 9.97 Å². The highest BCUT2D eigenvalue weighted by molar-refractivity contribution is 5.66. The lowest BCUT2D eigenvalue weighted by Gasteiger charge is -2.27. The summed E-state index contributed by atoms with van der Waals surface area (Å²) in [5.74, 6) is 1.34. The molecule has 1 aliphatic heterocycles. The monoisotopic (exact) mass is 282 g/mol. The van der Waals surface area contributed by atoms with Crippen LogP contribution in [0.15, 0.2) is 18.2 Å². The maximum Gasteiger partial charge on any atom is 0.161 e. The Morgan fingerprint density at radius 3 is 2.81 bits per heavy atom. The minimum Gasteiger partial charge on any atom is -0.383 e. The van der Waals surface area contributed by atoms with E-state index < -0.39 is 0 Å². The fraction of sp³-hybridized carbons (Fsp3) is 0.412. The molecule has 1 aliphatic rings. The van der Waals surface area contributed by atoms with Crippen LogP contribution in [0.25, 0.3) is 11.4 Å². The van der Waals surface area contributed by atoms with Crippen molar-refractivity contribution in [2.45, 2.75) is 33.1 Å². The minimum absolute atomic E-state index is 0.606. The van der Waals surface area contributed by atoms with Gasteiger partial charge in [0, 0.05) is 36.1 Å². The first-order chi connectivity index (χ1) is 10.1. The van der Waals surface area contributed by atoms with E-state index in [1.165, 1.54) is 17.7 Å². The minimum atomic E-state index is 0.606. The van der Waals surface area contributed by atoms with Crippen LogP contribution in [0, 0.1) is 6.92 Å². The van der Waals surface area contributed by atoms with Gasteiger partial charge < -0.3 is 10.6 Å². The molecule has 0 atom stereocenters. The van der Waals surface area contributed by atoms with Gasteiger partial charge in [-0.1, -0.05) is 6.92 Å². The van der Waals surface area contributed by atoms with Gasteiger partial charge in [-0.15, -0.1) is 0 Å². The van der Waals surface area contributed by atoms with Crippen LogP contribution < -0.4 is 10.6 Å². The van der Waals surface area contributed by atoms with Gasteiger partial charge in [0.25, 0.3) is 0 Å². The summed E-state index contributed by atoms with van der Waals surface area (Å²) < 4.78 is 0. The summed E-state index contributed by atoms with van der Waals surface area (Å²) in [4.78, 5) is 11.4. The summed E-state index contributed by atoms with van der Waals surface area (Å²) in [6.07, 6.45) is 3.19. The Labute approximate surface area is 126 Å². The van der Waals surface area contributed by atoms with Crippen LogP contribution >= 0.6 is 0 Å². The first-order valence-corrected chi connectivity index (χ1v) is 7.57. The summed E-state index contributed by atoms with van der Waals surface area (Å²) in [6, 6.07) is 6.48. The molecule has 21 heavy (non-hydrogen) atoms. The third kappa shape index (κ3) is 2.46. The lowest BCUT2D eigenvalue weighted by molar-refractivity contribution is 0.744. The molecule has 0 spiro atoms. The van der Waals surface area contributed by atoms with E-state index in [4.69, 9.17) is 5.73 Å². The fourth-order valence-electron chi connectivity index (χ4n) is 3.11. The standard InChI is InChI=1S/C17H22N4/c1-4-14-11(2)19-17(20-16(14)18)13-7-8-15-12(10-13)6-5-9-21(15)3/h7-8,10H,4-6,9H2,1-3H3,(H2,18,19,20). The van der Waals surface area contributed by atoms with E-state index in [2.05, 4.69) is 47.0 Å². The summed E-state index contributed by atoms with van der Waals surface area (Å²) >= 11 is 0. The van der Waals surface area contributed by atoms with Crippen molar-refractivity contribution < 1.29 is 0 Å². The summed E-state index contributed by atoms with van der Waals surface area (Å²) in [6.45, 7) is 5.21. The maximum atomic E-state index is 6.07. The molecule has 1 aromatic heterocycles. The van der Waals surface area contributed by atoms with Crippen LogP contribution in [0.1, 0.15) is 30.2 Å². The lowest BCUT2D eigenvalue weighted by Crippen LogP contribution is -2.24. The number of anilines is 2. The highest BCUT2D eigenvalue weighted by Gasteiger charge is 2.16. The van der Waals surface area contributed by atoms with Gasteiger partial charge in [-0.25, -0.2) is 9.97 Å². The average Bonchev–Trinajstić information content (AvgIpc) is 2.47. The molecule has 2 heterocycles. The van der Waals surface area contributed by atoms with Crippen LogP contribution in [0.3, 0.4) is 0 Å².